The van der Waals surface area contributed by atoms with E-state index in [0.717, 1.165) is 45.9 Å². The molecule has 7 nitrogen and oxygen atoms in total. The van der Waals surface area contributed by atoms with E-state index in [1.54, 1.807) is 0 Å². The van der Waals surface area contributed by atoms with E-state index in [1.165, 1.54) is 11.1 Å². The molecule has 47 heavy (non-hydrogen) atoms. The molecule has 4 aromatic rings. The van der Waals surface area contributed by atoms with Gasteiger partial charge in [-0.1, -0.05) is 65.6 Å². The van der Waals surface area contributed by atoms with Crippen LogP contribution in [0, 0.1) is 0 Å². The van der Waals surface area contributed by atoms with Gasteiger partial charge in [0.25, 0.3) is 0 Å². The van der Waals surface area contributed by atoms with Crippen LogP contribution in [0.25, 0.3) is 0 Å². The highest BCUT2D eigenvalue weighted by Gasteiger charge is 2.42. The Labute approximate surface area is 278 Å². The van der Waals surface area contributed by atoms with Crippen LogP contribution in [0.15, 0.2) is 122 Å². The Hall–Kier alpha value is -5.17. The zero-order chi connectivity index (χ0) is 32.5. The number of nitrogens with zero attached hydrogens (tertiary/aromatic N) is 6. The first-order valence-corrected chi connectivity index (χ1v) is 16.3. The molecule has 232 valence electrons. The molecule has 0 saturated heterocycles. The summed E-state index contributed by atoms with van der Waals surface area (Å²) in [5.74, 6) is 7.79. The maximum atomic E-state index is 6.66. The van der Waals surface area contributed by atoms with Gasteiger partial charge in [-0.25, -0.2) is 9.97 Å². The topological polar surface area (TPSA) is 48.0 Å². The van der Waals surface area contributed by atoms with Gasteiger partial charge < -0.3 is 24.0 Å². The highest BCUT2D eigenvalue weighted by atomic mass is 16.5. The fourth-order valence-electron chi connectivity index (χ4n) is 6.77. The maximum Gasteiger partial charge on any atom is 0.413 e. The molecule has 0 atom stereocenters. The van der Waals surface area contributed by atoms with Gasteiger partial charge in [0.1, 0.15) is 23.1 Å². The van der Waals surface area contributed by atoms with Crippen LogP contribution < -0.4 is 24.0 Å². The number of hydrogen-bond acceptors (Lipinski definition) is 7. The Morgan fingerprint density at radius 3 is 1.40 bits per heavy atom. The zero-order valence-electron chi connectivity index (χ0n) is 27.8. The third-order valence-corrected chi connectivity index (χ3v) is 9.30. The summed E-state index contributed by atoms with van der Waals surface area (Å²) in [5.41, 5.74) is 6.86. The third-order valence-electron chi connectivity index (χ3n) is 9.30. The zero-order valence-corrected chi connectivity index (χ0v) is 27.8. The lowest BCUT2D eigenvalue weighted by molar-refractivity contribution is 0.483. The molecular weight excluding hydrogens is 578 g/mol. The Morgan fingerprint density at radius 1 is 0.532 bits per heavy atom. The first-order valence-electron chi connectivity index (χ1n) is 16.3. The molecule has 6 heterocycles. The molecular formula is C38H38B2N6O. The number of fused-ring (bicyclic) bond motifs is 6. The molecule has 8 rings (SSSR count). The van der Waals surface area contributed by atoms with Crippen molar-refractivity contribution in [1.82, 2.24) is 9.97 Å². The fraction of sp³-hybridized carbons (Fsp3) is 0.211. The van der Waals surface area contributed by atoms with Crippen molar-refractivity contribution in [2.75, 3.05) is 19.2 Å². The molecule has 9 heteroatoms. The largest absolute Gasteiger partial charge is 0.457 e. The van der Waals surface area contributed by atoms with Crippen LogP contribution in [-0.4, -0.2) is 23.9 Å². The smallest absolute Gasteiger partial charge is 0.413 e. The monoisotopic (exact) mass is 616 g/mol. The summed E-state index contributed by atoms with van der Waals surface area (Å²) in [5, 5.41) is 0. The molecule has 0 amide bonds. The van der Waals surface area contributed by atoms with E-state index in [9.17, 15) is 0 Å². The average molecular weight is 616 g/mol. The van der Waals surface area contributed by atoms with E-state index in [0.29, 0.717) is 0 Å². The average Bonchev–Trinajstić information content (AvgIpc) is 3.56. The Balaban J connectivity index is 1.17. The Kier molecular flexibility index (Phi) is 6.65. The summed E-state index contributed by atoms with van der Waals surface area (Å²) in [4.78, 5) is 18.9. The van der Waals surface area contributed by atoms with Crippen molar-refractivity contribution in [2.45, 2.75) is 52.4 Å². The molecule has 0 bridgehead atoms. The van der Waals surface area contributed by atoms with Crippen molar-refractivity contribution in [3.8, 4) is 11.5 Å². The predicted molar refractivity (Wildman–Crippen MR) is 196 cm³/mol. The Morgan fingerprint density at radius 2 is 0.979 bits per heavy atom. The lowest BCUT2D eigenvalue weighted by Gasteiger charge is -2.27. The number of aromatic nitrogens is 2. The molecule has 0 spiro atoms. The molecule has 0 N–H and O–H groups in total. The SMILES string of the molecule is CC(C)(C)c1ccnc(N2B3C=CC=CN3c3ccc(Oc4ccc5c(c4)N(c4cc(C(C)(C)C)ccn4)B4C=CC=CN45)cc32)c1. The lowest BCUT2D eigenvalue weighted by Crippen LogP contribution is -2.43. The minimum absolute atomic E-state index is 0.00335. The Bertz CT molecular complexity index is 1860. The first kappa shape index (κ1) is 29.2. The second kappa shape index (κ2) is 10.7. The number of allylic oxidation sites excluding steroid dienone is 4. The van der Waals surface area contributed by atoms with Crippen LogP contribution in [0.3, 0.4) is 0 Å². The predicted octanol–water partition coefficient (Wildman–Crippen LogP) is 9.00. The number of pyridine rings is 2. The van der Waals surface area contributed by atoms with Gasteiger partial charge in [0.15, 0.2) is 0 Å². The molecule has 2 aromatic carbocycles. The second-order valence-corrected chi connectivity index (χ2v) is 14.5. The third kappa shape index (κ3) is 5.01. The van der Waals surface area contributed by atoms with Crippen LogP contribution in [0.4, 0.5) is 34.4 Å². The molecule has 0 aliphatic carbocycles. The van der Waals surface area contributed by atoms with E-state index in [-0.39, 0.29) is 24.8 Å². The van der Waals surface area contributed by atoms with Crippen LogP contribution in [0.5, 0.6) is 11.5 Å². The number of anilines is 6. The molecule has 2 aromatic heterocycles. The standard InChI is InChI=1S/C38H38B2N6O/c1-37(2,3)27-15-19-41-35(23-27)45-33-25-29(11-13-31(33)43-21-9-7-17-39(43)45)47-30-12-14-32-34(26-30)46(40-18-8-10-22-44(32)40)36-24-28(16-20-42-36)38(4,5)6/h7-26H,1-6H3. The van der Waals surface area contributed by atoms with Crippen LogP contribution >= 0.6 is 0 Å². The molecule has 0 radical (unpaired) electrons. The summed E-state index contributed by atoms with van der Waals surface area (Å²) < 4.78 is 6.66. The van der Waals surface area contributed by atoms with Gasteiger partial charge in [-0.05, 0) is 95.0 Å². The molecule has 0 fully saturated rings. The number of ether oxygens (including phenoxy) is 1. The van der Waals surface area contributed by atoms with Crippen molar-refractivity contribution in [3.05, 3.63) is 133 Å². The molecule has 0 unspecified atom stereocenters. The van der Waals surface area contributed by atoms with Gasteiger partial charge >= 0.3 is 14.0 Å². The van der Waals surface area contributed by atoms with Crippen LogP contribution in [0.2, 0.25) is 0 Å². The van der Waals surface area contributed by atoms with E-state index >= 15 is 0 Å². The molecule has 4 aliphatic heterocycles. The minimum Gasteiger partial charge on any atom is -0.457 e. The van der Waals surface area contributed by atoms with Gasteiger partial charge in [-0.15, -0.1) is 0 Å². The number of rotatable bonds is 4. The van der Waals surface area contributed by atoms with E-state index in [2.05, 4.69) is 170 Å². The number of benzene rings is 2. The molecule has 4 aliphatic rings. The summed E-state index contributed by atoms with van der Waals surface area (Å²) in [6.07, 6.45) is 16.5. The van der Waals surface area contributed by atoms with Crippen molar-refractivity contribution < 1.29 is 4.74 Å². The van der Waals surface area contributed by atoms with E-state index < -0.39 is 0 Å². The highest BCUT2D eigenvalue weighted by molar-refractivity contribution is 6.77. The van der Waals surface area contributed by atoms with Gasteiger partial charge in [0, 0.05) is 24.5 Å². The van der Waals surface area contributed by atoms with Crippen molar-refractivity contribution in [1.29, 1.82) is 0 Å². The van der Waals surface area contributed by atoms with Gasteiger partial charge in [-0.2, -0.15) is 0 Å². The minimum atomic E-state index is -0.00335. The molecule has 0 saturated carbocycles. The van der Waals surface area contributed by atoms with Crippen LogP contribution in [-0.2, 0) is 10.8 Å². The van der Waals surface area contributed by atoms with E-state index in [1.807, 2.05) is 12.4 Å². The van der Waals surface area contributed by atoms with Crippen molar-refractivity contribution >= 4 is 48.4 Å². The van der Waals surface area contributed by atoms with Gasteiger partial charge in [-0.3, -0.25) is 0 Å². The van der Waals surface area contributed by atoms with Crippen molar-refractivity contribution in [2.24, 2.45) is 0 Å². The normalized spacial score (nSPS) is 16.1. The first-order chi connectivity index (χ1) is 22.6. The van der Waals surface area contributed by atoms with Crippen LogP contribution in [0.1, 0.15) is 52.7 Å². The second-order valence-electron chi connectivity index (χ2n) is 14.5. The highest BCUT2D eigenvalue weighted by Crippen LogP contribution is 2.48. The fourth-order valence-corrected chi connectivity index (χ4v) is 6.77. The van der Waals surface area contributed by atoms with Gasteiger partial charge in [0.05, 0.1) is 22.7 Å². The quantitative estimate of drug-likeness (QED) is 0.212. The summed E-state index contributed by atoms with van der Waals surface area (Å²) in [7, 11) is 0. The summed E-state index contributed by atoms with van der Waals surface area (Å²) >= 11 is 0. The van der Waals surface area contributed by atoms with Gasteiger partial charge in [0.2, 0.25) is 0 Å². The maximum absolute atomic E-state index is 6.66. The van der Waals surface area contributed by atoms with E-state index in [4.69, 9.17) is 14.7 Å². The lowest BCUT2D eigenvalue weighted by atomic mass is 9.71. The summed E-state index contributed by atoms with van der Waals surface area (Å²) in [6.45, 7) is 13.4. The number of hydrogen-bond donors (Lipinski definition) is 0. The summed E-state index contributed by atoms with van der Waals surface area (Å²) in [6, 6.07) is 21.3. The van der Waals surface area contributed by atoms with Crippen molar-refractivity contribution in [3.63, 3.8) is 0 Å².